The van der Waals surface area contributed by atoms with Gasteiger partial charge in [0.25, 0.3) is 0 Å². The highest BCUT2D eigenvalue weighted by atomic mass is 79.9. The zero-order valence-corrected chi connectivity index (χ0v) is 13.6. The van der Waals surface area contributed by atoms with Crippen LogP contribution < -0.4 is 10.1 Å². The van der Waals surface area contributed by atoms with E-state index in [4.69, 9.17) is 4.74 Å². The lowest BCUT2D eigenvalue weighted by molar-refractivity contribution is 0.191. The van der Waals surface area contributed by atoms with E-state index in [-0.39, 0.29) is 6.10 Å². The summed E-state index contributed by atoms with van der Waals surface area (Å²) in [4.78, 5) is 0. The zero-order chi connectivity index (χ0) is 15.1. The van der Waals surface area contributed by atoms with Crippen molar-refractivity contribution < 1.29 is 9.84 Å². The predicted molar refractivity (Wildman–Crippen MR) is 88.3 cm³/mol. The maximum absolute atomic E-state index is 9.22. The number of nitrogens with one attached hydrogen (secondary N) is 1. The topological polar surface area (TPSA) is 41.5 Å². The van der Waals surface area contributed by atoms with Crippen molar-refractivity contribution in [2.75, 3.05) is 6.54 Å². The van der Waals surface area contributed by atoms with E-state index in [0.717, 1.165) is 27.9 Å². The van der Waals surface area contributed by atoms with Crippen LogP contribution in [0.5, 0.6) is 5.75 Å². The molecule has 21 heavy (non-hydrogen) atoms. The van der Waals surface area contributed by atoms with Gasteiger partial charge in [-0.05, 0) is 46.1 Å². The largest absolute Gasteiger partial charge is 0.488 e. The third-order valence-electron chi connectivity index (χ3n) is 3.00. The number of aliphatic hydroxyl groups is 1. The highest BCUT2D eigenvalue weighted by molar-refractivity contribution is 9.10. The van der Waals surface area contributed by atoms with E-state index in [1.165, 1.54) is 0 Å². The molecule has 0 aliphatic carbocycles. The third kappa shape index (κ3) is 5.50. The Bertz CT molecular complexity index is 558. The van der Waals surface area contributed by atoms with Gasteiger partial charge in [0, 0.05) is 13.1 Å². The molecule has 0 unspecified atom stereocenters. The van der Waals surface area contributed by atoms with Gasteiger partial charge in [0.15, 0.2) is 0 Å². The van der Waals surface area contributed by atoms with Crippen LogP contribution in [0.2, 0.25) is 0 Å². The van der Waals surface area contributed by atoms with E-state index in [1.807, 2.05) is 48.5 Å². The molecular formula is C17H20BrNO2. The van der Waals surface area contributed by atoms with Crippen molar-refractivity contribution in [2.45, 2.75) is 26.2 Å². The fourth-order valence-electron chi connectivity index (χ4n) is 1.93. The fraction of sp³-hybridized carbons (Fsp3) is 0.294. The Labute approximate surface area is 134 Å². The monoisotopic (exact) mass is 349 g/mol. The normalized spacial score (nSPS) is 12.1. The van der Waals surface area contributed by atoms with Crippen LogP contribution in [0.1, 0.15) is 18.1 Å². The van der Waals surface area contributed by atoms with Crippen LogP contribution in [0.4, 0.5) is 0 Å². The van der Waals surface area contributed by atoms with Gasteiger partial charge < -0.3 is 15.2 Å². The summed E-state index contributed by atoms with van der Waals surface area (Å²) in [5.41, 5.74) is 2.29. The van der Waals surface area contributed by atoms with E-state index >= 15 is 0 Å². The minimum Gasteiger partial charge on any atom is -0.488 e. The molecule has 0 saturated carbocycles. The Kier molecular flexibility index (Phi) is 6.23. The minimum atomic E-state index is -0.332. The van der Waals surface area contributed by atoms with Crippen molar-refractivity contribution in [3.63, 3.8) is 0 Å². The number of rotatable bonds is 7. The molecule has 0 radical (unpaired) electrons. The minimum absolute atomic E-state index is 0.332. The lowest BCUT2D eigenvalue weighted by Gasteiger charge is -2.11. The first-order valence-electron chi connectivity index (χ1n) is 6.99. The van der Waals surface area contributed by atoms with Crippen molar-refractivity contribution in [3.05, 3.63) is 64.1 Å². The Morgan fingerprint density at radius 1 is 1.14 bits per heavy atom. The van der Waals surface area contributed by atoms with Gasteiger partial charge in [-0.2, -0.15) is 0 Å². The molecule has 2 rings (SSSR count). The van der Waals surface area contributed by atoms with Gasteiger partial charge in [0.2, 0.25) is 0 Å². The Morgan fingerprint density at radius 2 is 1.90 bits per heavy atom. The number of aliphatic hydroxyl groups excluding tert-OH is 1. The maximum atomic E-state index is 9.22. The van der Waals surface area contributed by atoms with Crippen LogP contribution in [0.3, 0.4) is 0 Å². The van der Waals surface area contributed by atoms with E-state index in [2.05, 4.69) is 21.2 Å². The lowest BCUT2D eigenvalue weighted by Crippen LogP contribution is -2.23. The van der Waals surface area contributed by atoms with E-state index in [9.17, 15) is 5.11 Å². The number of hydrogen-bond acceptors (Lipinski definition) is 3. The second-order valence-electron chi connectivity index (χ2n) is 5.02. The quantitative estimate of drug-likeness (QED) is 0.803. The number of benzene rings is 2. The second-order valence-corrected chi connectivity index (χ2v) is 5.87. The number of ether oxygens (including phenoxy) is 1. The van der Waals surface area contributed by atoms with Crippen molar-refractivity contribution in [3.8, 4) is 5.75 Å². The highest BCUT2D eigenvalue weighted by Crippen LogP contribution is 2.26. The summed E-state index contributed by atoms with van der Waals surface area (Å²) in [5, 5.41) is 12.4. The average Bonchev–Trinajstić information content (AvgIpc) is 2.47. The van der Waals surface area contributed by atoms with Gasteiger partial charge in [-0.1, -0.05) is 36.4 Å². The molecule has 0 aliphatic heterocycles. The Hall–Kier alpha value is -1.36. The van der Waals surface area contributed by atoms with E-state index in [0.29, 0.717) is 13.2 Å². The van der Waals surface area contributed by atoms with Gasteiger partial charge in [0.05, 0.1) is 10.6 Å². The molecule has 0 aromatic heterocycles. The average molecular weight is 350 g/mol. The van der Waals surface area contributed by atoms with Crippen LogP contribution in [-0.2, 0) is 13.2 Å². The molecule has 0 heterocycles. The summed E-state index contributed by atoms with van der Waals surface area (Å²) in [6.45, 7) is 3.63. The molecule has 0 spiro atoms. The van der Waals surface area contributed by atoms with Crippen LogP contribution in [0.15, 0.2) is 53.0 Å². The standard InChI is InChI=1S/C17H20BrNO2/c1-13(20)10-19-11-15-7-8-17(16(18)9-15)21-12-14-5-3-2-4-6-14/h2-9,13,19-20H,10-12H2,1H3/t13-/m0/s1. The second kappa shape index (κ2) is 8.17. The van der Waals surface area contributed by atoms with Crippen LogP contribution in [-0.4, -0.2) is 17.8 Å². The third-order valence-corrected chi connectivity index (χ3v) is 3.62. The molecule has 112 valence electrons. The molecule has 0 saturated heterocycles. The van der Waals surface area contributed by atoms with Crippen LogP contribution in [0, 0.1) is 0 Å². The van der Waals surface area contributed by atoms with Crippen molar-refractivity contribution in [1.82, 2.24) is 5.32 Å². The highest BCUT2D eigenvalue weighted by Gasteiger charge is 2.04. The molecule has 0 bridgehead atoms. The summed E-state index contributed by atoms with van der Waals surface area (Å²) in [6, 6.07) is 16.1. The number of halogens is 1. The maximum Gasteiger partial charge on any atom is 0.134 e. The van der Waals surface area contributed by atoms with Crippen molar-refractivity contribution >= 4 is 15.9 Å². The van der Waals surface area contributed by atoms with Gasteiger partial charge in [-0.25, -0.2) is 0 Å². The molecule has 2 aromatic rings. The summed E-state index contributed by atoms with van der Waals surface area (Å²) >= 11 is 3.54. The smallest absolute Gasteiger partial charge is 0.134 e. The molecule has 0 amide bonds. The molecule has 0 aliphatic rings. The molecule has 2 aromatic carbocycles. The van der Waals surface area contributed by atoms with E-state index in [1.54, 1.807) is 6.92 Å². The van der Waals surface area contributed by atoms with Crippen LogP contribution >= 0.6 is 15.9 Å². The fourth-order valence-corrected chi connectivity index (χ4v) is 2.47. The Morgan fingerprint density at radius 3 is 2.57 bits per heavy atom. The van der Waals surface area contributed by atoms with Gasteiger partial charge >= 0.3 is 0 Å². The SMILES string of the molecule is C[C@H](O)CNCc1ccc(OCc2ccccc2)c(Br)c1. The first-order valence-corrected chi connectivity index (χ1v) is 7.78. The summed E-state index contributed by atoms with van der Waals surface area (Å²) in [5.74, 6) is 0.832. The molecule has 4 heteroatoms. The summed E-state index contributed by atoms with van der Waals surface area (Å²) in [6.07, 6.45) is -0.332. The molecule has 3 nitrogen and oxygen atoms in total. The van der Waals surface area contributed by atoms with Gasteiger partial charge in [-0.15, -0.1) is 0 Å². The van der Waals surface area contributed by atoms with Crippen molar-refractivity contribution in [2.24, 2.45) is 0 Å². The molecule has 1 atom stereocenters. The van der Waals surface area contributed by atoms with Gasteiger partial charge in [-0.3, -0.25) is 0 Å². The molecular weight excluding hydrogens is 330 g/mol. The number of hydrogen-bond donors (Lipinski definition) is 2. The molecule has 0 fully saturated rings. The Balaban J connectivity index is 1.90. The first-order chi connectivity index (χ1) is 10.1. The van der Waals surface area contributed by atoms with E-state index < -0.39 is 0 Å². The lowest BCUT2D eigenvalue weighted by atomic mass is 10.2. The summed E-state index contributed by atoms with van der Waals surface area (Å²) < 4.78 is 6.75. The molecule has 2 N–H and O–H groups in total. The zero-order valence-electron chi connectivity index (χ0n) is 12.1. The van der Waals surface area contributed by atoms with Crippen LogP contribution in [0.25, 0.3) is 0 Å². The first kappa shape index (κ1) is 16.0. The summed E-state index contributed by atoms with van der Waals surface area (Å²) in [7, 11) is 0. The van der Waals surface area contributed by atoms with Crippen molar-refractivity contribution in [1.29, 1.82) is 0 Å². The van der Waals surface area contributed by atoms with Gasteiger partial charge in [0.1, 0.15) is 12.4 Å². The predicted octanol–water partition coefficient (Wildman–Crippen LogP) is 3.50.